The second kappa shape index (κ2) is 8.64. The van der Waals surface area contributed by atoms with Crippen molar-refractivity contribution in [3.05, 3.63) is 34.4 Å². The lowest BCUT2D eigenvalue weighted by molar-refractivity contribution is -0.144. The third-order valence-electron chi connectivity index (χ3n) is 5.70. The van der Waals surface area contributed by atoms with Gasteiger partial charge in [0.2, 0.25) is 0 Å². The van der Waals surface area contributed by atoms with Crippen LogP contribution in [0.2, 0.25) is 0 Å². The fraction of sp³-hybridized carbons (Fsp3) is 0.636. The number of ether oxygens (including phenoxy) is 1. The maximum absolute atomic E-state index is 12.9. The van der Waals surface area contributed by atoms with Gasteiger partial charge in [-0.1, -0.05) is 43.4 Å². The molecule has 0 N–H and O–H groups in total. The van der Waals surface area contributed by atoms with Crippen LogP contribution in [0.5, 0.6) is 0 Å². The van der Waals surface area contributed by atoms with Gasteiger partial charge in [0.05, 0.1) is 13.5 Å². The molecule has 0 aromatic heterocycles. The van der Waals surface area contributed by atoms with Gasteiger partial charge >= 0.3 is 5.97 Å². The fourth-order valence-corrected chi connectivity index (χ4v) is 4.44. The average Bonchev–Trinajstić information content (AvgIpc) is 2.76. The standard InChI is InChI=1S/C22H32O3/c1-16-11-17(2)20(18(3)12-16)13-19(23)14-22(15-21(24)25-4)9-7-5-6-8-10-22/h11-12H,5-10,13-15H2,1-4H3. The van der Waals surface area contributed by atoms with Gasteiger partial charge in [0, 0.05) is 12.8 Å². The van der Waals surface area contributed by atoms with Crippen molar-refractivity contribution < 1.29 is 14.3 Å². The molecule has 3 nitrogen and oxygen atoms in total. The summed E-state index contributed by atoms with van der Waals surface area (Å²) in [7, 11) is 1.44. The predicted molar refractivity (Wildman–Crippen MR) is 101 cm³/mol. The number of esters is 1. The maximum Gasteiger partial charge on any atom is 0.306 e. The Kier molecular flexibility index (Phi) is 6.80. The molecular formula is C22H32O3. The van der Waals surface area contributed by atoms with Crippen LogP contribution in [0, 0.1) is 26.2 Å². The number of hydrogen-bond donors (Lipinski definition) is 0. The third-order valence-corrected chi connectivity index (χ3v) is 5.70. The number of benzene rings is 1. The van der Waals surface area contributed by atoms with Crippen LogP contribution in [0.15, 0.2) is 12.1 Å². The molecule has 1 aromatic carbocycles. The summed E-state index contributed by atoms with van der Waals surface area (Å²) in [4.78, 5) is 24.9. The predicted octanol–water partition coefficient (Wildman–Crippen LogP) is 5.02. The molecule has 1 saturated carbocycles. The van der Waals surface area contributed by atoms with E-state index < -0.39 is 0 Å². The monoisotopic (exact) mass is 344 g/mol. The Labute approximate surface area is 152 Å². The van der Waals surface area contributed by atoms with E-state index in [0.717, 1.165) is 31.2 Å². The second-order valence-electron chi connectivity index (χ2n) is 7.94. The minimum absolute atomic E-state index is 0.183. The lowest BCUT2D eigenvalue weighted by Gasteiger charge is -2.31. The van der Waals surface area contributed by atoms with Crippen molar-refractivity contribution in [1.82, 2.24) is 0 Å². The van der Waals surface area contributed by atoms with E-state index in [2.05, 4.69) is 32.9 Å². The normalized spacial score (nSPS) is 17.0. The van der Waals surface area contributed by atoms with Gasteiger partial charge in [-0.15, -0.1) is 0 Å². The minimum Gasteiger partial charge on any atom is -0.469 e. The molecule has 0 heterocycles. The van der Waals surface area contributed by atoms with Gasteiger partial charge in [-0.3, -0.25) is 9.59 Å². The Hall–Kier alpha value is -1.64. The largest absolute Gasteiger partial charge is 0.469 e. The van der Waals surface area contributed by atoms with E-state index in [9.17, 15) is 9.59 Å². The summed E-state index contributed by atoms with van der Waals surface area (Å²) in [6, 6.07) is 4.29. The molecule has 1 aliphatic carbocycles. The molecule has 0 atom stereocenters. The van der Waals surface area contributed by atoms with Crippen molar-refractivity contribution in [2.45, 2.75) is 78.6 Å². The summed E-state index contributed by atoms with van der Waals surface area (Å²) in [5.41, 5.74) is 4.56. The van der Waals surface area contributed by atoms with Crippen LogP contribution in [0.3, 0.4) is 0 Å². The Morgan fingerprint density at radius 3 is 2.04 bits per heavy atom. The maximum atomic E-state index is 12.9. The molecule has 1 fully saturated rings. The van der Waals surface area contributed by atoms with Gasteiger partial charge in [-0.25, -0.2) is 0 Å². The molecule has 0 unspecified atom stereocenters. The van der Waals surface area contributed by atoms with Gasteiger partial charge in [-0.05, 0) is 55.7 Å². The van der Waals surface area contributed by atoms with Crippen molar-refractivity contribution in [3.63, 3.8) is 0 Å². The molecular weight excluding hydrogens is 312 g/mol. The number of Topliss-reactive ketones (excluding diaryl/α,β-unsaturated/α-hetero) is 1. The first-order valence-corrected chi connectivity index (χ1v) is 9.50. The molecule has 1 aromatic rings. The highest BCUT2D eigenvalue weighted by Gasteiger charge is 2.35. The van der Waals surface area contributed by atoms with Gasteiger partial charge in [0.25, 0.3) is 0 Å². The number of ketones is 1. The van der Waals surface area contributed by atoms with E-state index in [1.165, 1.54) is 36.6 Å². The lowest BCUT2D eigenvalue weighted by atomic mass is 9.73. The fourth-order valence-electron chi connectivity index (χ4n) is 4.44. The molecule has 0 spiro atoms. The Morgan fingerprint density at radius 1 is 0.960 bits per heavy atom. The summed E-state index contributed by atoms with van der Waals surface area (Å²) >= 11 is 0. The van der Waals surface area contributed by atoms with E-state index in [0.29, 0.717) is 19.3 Å². The van der Waals surface area contributed by atoms with Crippen LogP contribution >= 0.6 is 0 Å². The number of methoxy groups -OCH3 is 1. The van der Waals surface area contributed by atoms with Crippen LogP contribution in [-0.4, -0.2) is 18.9 Å². The SMILES string of the molecule is COC(=O)CC1(CC(=O)Cc2c(C)cc(C)cc2C)CCCCCC1. The van der Waals surface area contributed by atoms with Gasteiger partial charge in [0.15, 0.2) is 0 Å². The number of carbonyl (C=O) groups excluding carboxylic acids is 2. The zero-order valence-corrected chi connectivity index (χ0v) is 16.2. The van der Waals surface area contributed by atoms with Crippen molar-refractivity contribution >= 4 is 11.8 Å². The van der Waals surface area contributed by atoms with Gasteiger partial charge < -0.3 is 4.74 Å². The van der Waals surface area contributed by atoms with Gasteiger partial charge in [0.1, 0.15) is 5.78 Å². The number of aryl methyl sites for hydroxylation is 3. The van der Waals surface area contributed by atoms with E-state index in [1.54, 1.807) is 0 Å². The Morgan fingerprint density at radius 2 is 1.52 bits per heavy atom. The highest BCUT2D eigenvalue weighted by atomic mass is 16.5. The highest BCUT2D eigenvalue weighted by Crippen LogP contribution is 2.42. The quantitative estimate of drug-likeness (QED) is 0.538. The van der Waals surface area contributed by atoms with Crippen LogP contribution in [-0.2, 0) is 20.7 Å². The summed E-state index contributed by atoms with van der Waals surface area (Å²) in [5, 5.41) is 0. The zero-order chi connectivity index (χ0) is 18.4. The van der Waals surface area contributed by atoms with Crippen molar-refractivity contribution in [2.24, 2.45) is 5.41 Å². The van der Waals surface area contributed by atoms with Crippen molar-refractivity contribution in [3.8, 4) is 0 Å². The molecule has 1 aliphatic rings. The van der Waals surface area contributed by atoms with E-state index in [4.69, 9.17) is 4.74 Å². The first-order valence-electron chi connectivity index (χ1n) is 9.50. The van der Waals surface area contributed by atoms with Crippen LogP contribution in [0.1, 0.15) is 73.6 Å². The van der Waals surface area contributed by atoms with Crippen molar-refractivity contribution in [2.75, 3.05) is 7.11 Å². The van der Waals surface area contributed by atoms with E-state index in [1.807, 2.05) is 0 Å². The zero-order valence-electron chi connectivity index (χ0n) is 16.2. The van der Waals surface area contributed by atoms with Crippen LogP contribution in [0.4, 0.5) is 0 Å². The highest BCUT2D eigenvalue weighted by molar-refractivity contribution is 5.83. The molecule has 2 rings (SSSR count). The van der Waals surface area contributed by atoms with Crippen molar-refractivity contribution in [1.29, 1.82) is 0 Å². The van der Waals surface area contributed by atoms with E-state index >= 15 is 0 Å². The number of hydrogen-bond acceptors (Lipinski definition) is 3. The molecule has 25 heavy (non-hydrogen) atoms. The first-order chi connectivity index (χ1) is 11.8. The number of carbonyl (C=O) groups is 2. The van der Waals surface area contributed by atoms with Crippen LogP contribution < -0.4 is 0 Å². The molecule has 0 bridgehead atoms. The molecule has 138 valence electrons. The molecule has 3 heteroatoms. The molecule has 0 amide bonds. The summed E-state index contributed by atoms with van der Waals surface area (Å²) in [5.74, 6) is 0.0678. The Balaban J connectivity index is 2.15. The molecule has 0 saturated heterocycles. The lowest BCUT2D eigenvalue weighted by Crippen LogP contribution is -2.28. The van der Waals surface area contributed by atoms with E-state index in [-0.39, 0.29) is 17.2 Å². The smallest absolute Gasteiger partial charge is 0.306 e. The second-order valence-corrected chi connectivity index (χ2v) is 7.94. The average molecular weight is 344 g/mol. The summed E-state index contributed by atoms with van der Waals surface area (Å²) in [6.07, 6.45) is 7.87. The number of rotatable bonds is 6. The van der Waals surface area contributed by atoms with Crippen LogP contribution in [0.25, 0.3) is 0 Å². The topological polar surface area (TPSA) is 43.4 Å². The van der Waals surface area contributed by atoms with Gasteiger partial charge in [-0.2, -0.15) is 0 Å². The summed E-state index contributed by atoms with van der Waals surface area (Å²) < 4.78 is 4.92. The minimum atomic E-state index is -0.201. The molecule has 0 radical (unpaired) electrons. The molecule has 0 aliphatic heterocycles. The third kappa shape index (κ3) is 5.42. The summed E-state index contributed by atoms with van der Waals surface area (Å²) in [6.45, 7) is 6.25. The first kappa shape index (κ1) is 19.7. The Bertz CT molecular complexity index is 599.